The largest absolute Gasteiger partial charge is 0.394 e. The Labute approximate surface area is 92.7 Å². The van der Waals surface area contributed by atoms with E-state index in [4.69, 9.17) is 15.6 Å². The topological polar surface area (TPSA) is 90.4 Å². The standard InChI is InChI=1S/C10H15N3O3/c1-6-4-7(5-14)16-9(6)13-3-2-8(11)12-10(13)15/h2-3,6-7,9,14H,4-5H2,1H3,(H2,11,12,15)/t6-,7-,9+/m0/s1. The molecule has 0 spiro atoms. The molecule has 0 saturated carbocycles. The Bertz CT molecular complexity index is 432. The van der Waals surface area contributed by atoms with Crippen molar-refractivity contribution >= 4 is 5.82 Å². The second kappa shape index (κ2) is 4.23. The number of nitrogens with two attached hydrogens (primary N) is 1. The van der Waals surface area contributed by atoms with Crippen LogP contribution in [0.3, 0.4) is 0 Å². The van der Waals surface area contributed by atoms with Crippen LogP contribution in [0.25, 0.3) is 0 Å². The predicted molar refractivity (Wildman–Crippen MR) is 57.7 cm³/mol. The first-order valence-corrected chi connectivity index (χ1v) is 5.23. The SMILES string of the molecule is C[C@H]1C[C@@H](CO)O[C@H]1n1ccc(N)nc1=O. The van der Waals surface area contributed by atoms with Crippen LogP contribution in [0.2, 0.25) is 0 Å². The summed E-state index contributed by atoms with van der Waals surface area (Å²) < 4.78 is 6.98. The lowest BCUT2D eigenvalue weighted by atomic mass is 10.1. The fourth-order valence-electron chi connectivity index (χ4n) is 1.99. The average Bonchev–Trinajstić information content (AvgIpc) is 2.60. The maximum Gasteiger partial charge on any atom is 0.351 e. The van der Waals surface area contributed by atoms with Crippen LogP contribution in [0.1, 0.15) is 19.6 Å². The molecule has 0 unspecified atom stereocenters. The van der Waals surface area contributed by atoms with Gasteiger partial charge in [-0.15, -0.1) is 0 Å². The molecule has 3 N–H and O–H groups in total. The quantitative estimate of drug-likeness (QED) is 0.723. The summed E-state index contributed by atoms with van der Waals surface area (Å²) in [6, 6.07) is 1.56. The van der Waals surface area contributed by atoms with Gasteiger partial charge in [-0.3, -0.25) is 4.57 Å². The molecule has 2 rings (SSSR count). The number of hydrogen-bond acceptors (Lipinski definition) is 5. The molecule has 88 valence electrons. The number of aliphatic hydroxyl groups excluding tert-OH is 1. The van der Waals surface area contributed by atoms with Crippen molar-refractivity contribution < 1.29 is 9.84 Å². The second-order valence-electron chi connectivity index (χ2n) is 4.09. The van der Waals surface area contributed by atoms with E-state index in [1.54, 1.807) is 12.3 Å². The van der Waals surface area contributed by atoms with Gasteiger partial charge in [0.15, 0.2) is 0 Å². The second-order valence-corrected chi connectivity index (χ2v) is 4.09. The summed E-state index contributed by atoms with van der Waals surface area (Å²) in [5.74, 6) is 0.367. The number of anilines is 1. The highest BCUT2D eigenvalue weighted by Gasteiger charge is 2.33. The van der Waals surface area contributed by atoms with E-state index in [-0.39, 0.29) is 30.7 Å². The number of aromatic nitrogens is 2. The van der Waals surface area contributed by atoms with E-state index in [0.717, 1.165) is 6.42 Å². The monoisotopic (exact) mass is 225 g/mol. The lowest BCUT2D eigenvalue weighted by molar-refractivity contribution is -0.0335. The molecule has 2 heterocycles. The Morgan fingerprint density at radius 1 is 1.75 bits per heavy atom. The third-order valence-electron chi connectivity index (χ3n) is 2.78. The van der Waals surface area contributed by atoms with Crippen LogP contribution >= 0.6 is 0 Å². The minimum atomic E-state index is -0.421. The van der Waals surface area contributed by atoms with Crippen molar-refractivity contribution in [2.75, 3.05) is 12.3 Å². The molecule has 1 saturated heterocycles. The van der Waals surface area contributed by atoms with Crippen LogP contribution in [-0.2, 0) is 4.74 Å². The Balaban J connectivity index is 2.28. The normalized spacial score (nSPS) is 29.5. The van der Waals surface area contributed by atoms with Crippen LogP contribution in [0.4, 0.5) is 5.82 Å². The number of hydrogen-bond donors (Lipinski definition) is 2. The minimum absolute atomic E-state index is 0.0298. The third kappa shape index (κ3) is 1.94. The molecule has 16 heavy (non-hydrogen) atoms. The molecule has 1 aliphatic rings. The molecule has 0 amide bonds. The molecule has 0 bridgehead atoms. The van der Waals surface area contributed by atoms with E-state index < -0.39 is 5.69 Å². The van der Waals surface area contributed by atoms with E-state index in [0.29, 0.717) is 0 Å². The molecule has 0 aliphatic carbocycles. The van der Waals surface area contributed by atoms with Crippen LogP contribution in [0.15, 0.2) is 17.1 Å². The van der Waals surface area contributed by atoms with Gasteiger partial charge < -0.3 is 15.6 Å². The molecular weight excluding hydrogens is 210 g/mol. The van der Waals surface area contributed by atoms with Crippen molar-refractivity contribution in [3.05, 3.63) is 22.7 Å². The van der Waals surface area contributed by atoms with Gasteiger partial charge in [-0.05, 0) is 12.5 Å². The van der Waals surface area contributed by atoms with Crippen molar-refractivity contribution in [3.63, 3.8) is 0 Å². The van der Waals surface area contributed by atoms with Gasteiger partial charge in [-0.2, -0.15) is 4.98 Å². The Morgan fingerprint density at radius 3 is 3.06 bits per heavy atom. The molecule has 1 aromatic heterocycles. The summed E-state index contributed by atoms with van der Waals surface area (Å²) in [6.07, 6.45) is 1.74. The molecular formula is C10H15N3O3. The fourth-order valence-corrected chi connectivity index (χ4v) is 1.99. The molecule has 6 nitrogen and oxygen atoms in total. The van der Waals surface area contributed by atoms with Crippen LogP contribution in [0, 0.1) is 5.92 Å². The van der Waals surface area contributed by atoms with Crippen molar-refractivity contribution in [1.82, 2.24) is 9.55 Å². The van der Waals surface area contributed by atoms with Gasteiger partial charge >= 0.3 is 5.69 Å². The molecule has 1 aliphatic heterocycles. The van der Waals surface area contributed by atoms with Crippen LogP contribution in [0.5, 0.6) is 0 Å². The van der Waals surface area contributed by atoms with Gasteiger partial charge in [0.25, 0.3) is 0 Å². The predicted octanol–water partition coefficient (Wildman–Crippen LogP) is -0.259. The van der Waals surface area contributed by atoms with Gasteiger partial charge in [0.1, 0.15) is 12.0 Å². The Hall–Kier alpha value is -1.40. The maximum atomic E-state index is 11.6. The average molecular weight is 225 g/mol. The van der Waals surface area contributed by atoms with Crippen LogP contribution < -0.4 is 11.4 Å². The zero-order valence-electron chi connectivity index (χ0n) is 9.04. The molecule has 6 heteroatoms. The van der Waals surface area contributed by atoms with E-state index in [2.05, 4.69) is 4.98 Å². The number of nitrogen functional groups attached to an aromatic ring is 1. The van der Waals surface area contributed by atoms with E-state index >= 15 is 0 Å². The van der Waals surface area contributed by atoms with E-state index in [1.165, 1.54) is 4.57 Å². The lowest BCUT2D eigenvalue weighted by Crippen LogP contribution is -2.29. The van der Waals surface area contributed by atoms with Crippen molar-refractivity contribution in [1.29, 1.82) is 0 Å². The zero-order valence-corrected chi connectivity index (χ0v) is 9.04. The molecule has 0 aromatic carbocycles. The summed E-state index contributed by atoms with van der Waals surface area (Å²) in [7, 11) is 0. The summed E-state index contributed by atoms with van der Waals surface area (Å²) >= 11 is 0. The first-order chi connectivity index (χ1) is 7.61. The zero-order chi connectivity index (χ0) is 11.7. The van der Waals surface area contributed by atoms with Crippen LogP contribution in [-0.4, -0.2) is 27.4 Å². The van der Waals surface area contributed by atoms with E-state index in [1.807, 2.05) is 6.92 Å². The number of aliphatic hydroxyl groups is 1. The first kappa shape index (κ1) is 11.1. The lowest BCUT2D eigenvalue weighted by Gasteiger charge is -2.17. The maximum absolute atomic E-state index is 11.6. The molecule has 3 atom stereocenters. The number of ether oxygens (including phenoxy) is 1. The van der Waals surface area contributed by atoms with Crippen molar-refractivity contribution in [2.24, 2.45) is 5.92 Å². The highest BCUT2D eigenvalue weighted by Crippen LogP contribution is 2.32. The molecule has 0 radical (unpaired) electrons. The summed E-state index contributed by atoms with van der Waals surface area (Å²) in [5, 5.41) is 9.01. The fraction of sp³-hybridized carbons (Fsp3) is 0.600. The van der Waals surface area contributed by atoms with Gasteiger partial charge in [0.2, 0.25) is 0 Å². The van der Waals surface area contributed by atoms with Crippen molar-refractivity contribution in [3.8, 4) is 0 Å². The van der Waals surface area contributed by atoms with Crippen molar-refractivity contribution in [2.45, 2.75) is 25.7 Å². The molecule has 1 fully saturated rings. The highest BCUT2D eigenvalue weighted by atomic mass is 16.5. The Kier molecular flexibility index (Phi) is 2.93. The van der Waals surface area contributed by atoms with Gasteiger partial charge in [0.05, 0.1) is 12.7 Å². The van der Waals surface area contributed by atoms with Gasteiger partial charge in [-0.25, -0.2) is 4.79 Å². The number of nitrogens with zero attached hydrogens (tertiary/aromatic N) is 2. The highest BCUT2D eigenvalue weighted by molar-refractivity contribution is 5.23. The summed E-state index contributed by atoms with van der Waals surface area (Å²) in [6.45, 7) is 1.95. The van der Waals surface area contributed by atoms with Gasteiger partial charge in [0, 0.05) is 12.1 Å². The van der Waals surface area contributed by atoms with E-state index in [9.17, 15) is 4.79 Å². The summed E-state index contributed by atoms with van der Waals surface area (Å²) in [4.78, 5) is 15.2. The molecule has 1 aromatic rings. The minimum Gasteiger partial charge on any atom is -0.394 e. The Morgan fingerprint density at radius 2 is 2.50 bits per heavy atom. The summed E-state index contributed by atoms with van der Waals surface area (Å²) in [5.41, 5.74) is 4.99. The van der Waals surface area contributed by atoms with Gasteiger partial charge in [-0.1, -0.05) is 6.92 Å². The number of rotatable bonds is 2. The third-order valence-corrected chi connectivity index (χ3v) is 2.78. The smallest absolute Gasteiger partial charge is 0.351 e. The first-order valence-electron chi connectivity index (χ1n) is 5.23.